The number of nitrogens with zero attached hydrogens (tertiary/aromatic N) is 4. The smallest absolute Gasteiger partial charge is 0.157 e. The van der Waals surface area contributed by atoms with Crippen LogP contribution in [0.2, 0.25) is 5.15 Å². The summed E-state index contributed by atoms with van der Waals surface area (Å²) < 4.78 is 5.39. The monoisotopic (exact) mass is 283 g/mol. The van der Waals surface area contributed by atoms with Gasteiger partial charge in [0.2, 0.25) is 0 Å². The third-order valence-electron chi connectivity index (χ3n) is 3.84. The third-order valence-corrected chi connectivity index (χ3v) is 4.14. The average Bonchev–Trinajstić information content (AvgIpc) is 2.92. The second-order valence-corrected chi connectivity index (χ2v) is 5.30. The van der Waals surface area contributed by atoms with E-state index in [1.807, 2.05) is 0 Å². The van der Waals surface area contributed by atoms with Crippen molar-refractivity contribution < 1.29 is 4.74 Å². The summed E-state index contributed by atoms with van der Waals surface area (Å²) in [5.41, 5.74) is 6.43. The van der Waals surface area contributed by atoms with Crippen molar-refractivity contribution in [2.24, 2.45) is 0 Å². The summed E-state index contributed by atoms with van der Waals surface area (Å²) in [6, 6.07) is 0.553. The van der Waals surface area contributed by atoms with Crippen molar-refractivity contribution in [3.05, 3.63) is 11.5 Å². The first kappa shape index (κ1) is 12.9. The zero-order valence-electron chi connectivity index (χ0n) is 10.8. The van der Waals surface area contributed by atoms with Crippen molar-refractivity contribution in [2.75, 3.05) is 50.0 Å². The second-order valence-electron chi connectivity index (χ2n) is 4.94. The Labute approximate surface area is 117 Å². The lowest BCUT2D eigenvalue weighted by Gasteiger charge is -2.32. The van der Waals surface area contributed by atoms with Gasteiger partial charge in [-0.3, -0.25) is 4.90 Å². The lowest BCUT2D eigenvalue weighted by atomic mass is 10.2. The summed E-state index contributed by atoms with van der Waals surface area (Å²) in [5.74, 6) is 0.760. The van der Waals surface area contributed by atoms with Crippen LogP contribution in [-0.4, -0.2) is 60.3 Å². The molecule has 3 rings (SSSR count). The number of hydrogen-bond donors (Lipinski definition) is 1. The summed E-state index contributed by atoms with van der Waals surface area (Å²) >= 11 is 5.95. The standard InChI is InChI=1S/C12H18ClN5O/c13-11-10(14)12(16-8-15-11)18-2-1-9(7-18)17-3-5-19-6-4-17/h8-9H,1-7,14H2. The highest BCUT2D eigenvalue weighted by Gasteiger charge is 2.30. The van der Waals surface area contributed by atoms with Crippen LogP contribution in [0.5, 0.6) is 0 Å². The van der Waals surface area contributed by atoms with Gasteiger partial charge in [0.1, 0.15) is 12.0 Å². The van der Waals surface area contributed by atoms with E-state index in [-0.39, 0.29) is 0 Å². The highest BCUT2D eigenvalue weighted by molar-refractivity contribution is 6.32. The van der Waals surface area contributed by atoms with Gasteiger partial charge in [-0.15, -0.1) is 0 Å². The van der Waals surface area contributed by atoms with Crippen LogP contribution in [0.25, 0.3) is 0 Å². The Bertz CT molecular complexity index is 452. The number of rotatable bonds is 2. The molecule has 1 atom stereocenters. The summed E-state index contributed by atoms with van der Waals surface area (Å²) in [6.45, 7) is 5.59. The van der Waals surface area contributed by atoms with E-state index in [2.05, 4.69) is 19.8 Å². The third kappa shape index (κ3) is 2.61. The lowest BCUT2D eigenvalue weighted by Crippen LogP contribution is -2.44. The number of ether oxygens (including phenoxy) is 1. The molecule has 0 aromatic carbocycles. The Kier molecular flexibility index (Phi) is 3.72. The fourth-order valence-corrected chi connectivity index (χ4v) is 2.92. The van der Waals surface area contributed by atoms with Gasteiger partial charge in [0, 0.05) is 32.2 Å². The van der Waals surface area contributed by atoms with Crippen LogP contribution in [0, 0.1) is 0 Å². The second kappa shape index (κ2) is 5.48. The number of halogens is 1. The Morgan fingerprint density at radius 1 is 1.26 bits per heavy atom. The van der Waals surface area contributed by atoms with Crippen LogP contribution < -0.4 is 10.6 Å². The molecular weight excluding hydrogens is 266 g/mol. The van der Waals surface area contributed by atoms with Crippen molar-refractivity contribution in [1.82, 2.24) is 14.9 Å². The van der Waals surface area contributed by atoms with E-state index in [1.165, 1.54) is 6.33 Å². The van der Waals surface area contributed by atoms with Gasteiger partial charge >= 0.3 is 0 Å². The maximum absolute atomic E-state index is 5.95. The predicted molar refractivity (Wildman–Crippen MR) is 74.5 cm³/mol. The highest BCUT2D eigenvalue weighted by Crippen LogP contribution is 2.29. The van der Waals surface area contributed by atoms with E-state index in [0.29, 0.717) is 16.9 Å². The first-order valence-corrected chi connectivity index (χ1v) is 6.96. The molecule has 0 spiro atoms. The SMILES string of the molecule is Nc1c(Cl)ncnc1N1CCC(N2CCOCC2)C1. The number of nitrogen functional groups attached to an aromatic ring is 1. The van der Waals surface area contributed by atoms with Crippen LogP contribution in [0.15, 0.2) is 6.33 Å². The van der Waals surface area contributed by atoms with Crippen molar-refractivity contribution in [1.29, 1.82) is 0 Å². The average molecular weight is 284 g/mol. The van der Waals surface area contributed by atoms with Gasteiger partial charge in [-0.2, -0.15) is 0 Å². The zero-order chi connectivity index (χ0) is 13.2. The van der Waals surface area contributed by atoms with Gasteiger partial charge in [-0.25, -0.2) is 9.97 Å². The first-order chi connectivity index (χ1) is 9.25. The molecule has 0 radical (unpaired) electrons. The summed E-state index contributed by atoms with van der Waals surface area (Å²) in [6.07, 6.45) is 2.59. The minimum Gasteiger partial charge on any atom is -0.393 e. The zero-order valence-corrected chi connectivity index (χ0v) is 11.5. The van der Waals surface area contributed by atoms with E-state index in [1.54, 1.807) is 0 Å². The molecule has 0 bridgehead atoms. The topological polar surface area (TPSA) is 67.5 Å². The van der Waals surface area contributed by atoms with E-state index >= 15 is 0 Å². The lowest BCUT2D eigenvalue weighted by molar-refractivity contribution is 0.0209. The molecule has 0 amide bonds. The quantitative estimate of drug-likeness (QED) is 0.803. The molecule has 1 aromatic heterocycles. The minimum absolute atomic E-state index is 0.333. The molecule has 2 fully saturated rings. The Hall–Kier alpha value is -1.11. The fraction of sp³-hybridized carbons (Fsp3) is 0.667. The number of morpholine rings is 1. The van der Waals surface area contributed by atoms with Crippen molar-refractivity contribution >= 4 is 23.1 Å². The molecule has 3 heterocycles. The van der Waals surface area contributed by atoms with E-state index < -0.39 is 0 Å². The molecule has 0 aliphatic carbocycles. The molecule has 2 N–H and O–H groups in total. The maximum Gasteiger partial charge on any atom is 0.157 e. The molecule has 1 aromatic rings. The number of hydrogen-bond acceptors (Lipinski definition) is 6. The van der Waals surface area contributed by atoms with Crippen molar-refractivity contribution in [3.63, 3.8) is 0 Å². The summed E-state index contributed by atoms with van der Waals surface area (Å²) in [5, 5.41) is 0.333. The molecule has 2 aliphatic rings. The largest absolute Gasteiger partial charge is 0.393 e. The maximum atomic E-state index is 5.95. The Balaban J connectivity index is 1.69. The summed E-state index contributed by atoms with van der Waals surface area (Å²) in [7, 11) is 0. The molecule has 7 heteroatoms. The Morgan fingerprint density at radius 3 is 2.84 bits per heavy atom. The molecule has 104 valence electrons. The van der Waals surface area contributed by atoms with Gasteiger partial charge in [0.05, 0.1) is 13.2 Å². The van der Waals surface area contributed by atoms with Crippen LogP contribution in [0.1, 0.15) is 6.42 Å². The van der Waals surface area contributed by atoms with Gasteiger partial charge in [0.15, 0.2) is 11.0 Å². The fourth-order valence-electron chi connectivity index (χ4n) is 2.79. The van der Waals surface area contributed by atoms with E-state index in [9.17, 15) is 0 Å². The molecule has 1 unspecified atom stereocenters. The first-order valence-electron chi connectivity index (χ1n) is 6.58. The van der Waals surface area contributed by atoms with Crippen LogP contribution >= 0.6 is 11.6 Å². The summed E-state index contributed by atoms with van der Waals surface area (Å²) in [4.78, 5) is 12.8. The number of aromatic nitrogens is 2. The molecular formula is C12H18ClN5O. The Morgan fingerprint density at radius 2 is 2.05 bits per heavy atom. The van der Waals surface area contributed by atoms with Gasteiger partial charge < -0.3 is 15.4 Å². The van der Waals surface area contributed by atoms with Crippen molar-refractivity contribution in [3.8, 4) is 0 Å². The van der Waals surface area contributed by atoms with Crippen molar-refractivity contribution in [2.45, 2.75) is 12.5 Å². The highest BCUT2D eigenvalue weighted by atomic mass is 35.5. The predicted octanol–water partition coefficient (Wildman–Crippen LogP) is 0.623. The molecule has 6 nitrogen and oxygen atoms in total. The molecule has 19 heavy (non-hydrogen) atoms. The van der Waals surface area contributed by atoms with Gasteiger partial charge in [0.25, 0.3) is 0 Å². The number of nitrogens with two attached hydrogens (primary N) is 1. The van der Waals surface area contributed by atoms with E-state index in [0.717, 1.165) is 51.6 Å². The van der Waals surface area contributed by atoms with Crippen LogP contribution in [-0.2, 0) is 4.74 Å². The van der Waals surface area contributed by atoms with Crippen LogP contribution in [0.3, 0.4) is 0 Å². The van der Waals surface area contributed by atoms with E-state index in [4.69, 9.17) is 22.1 Å². The number of anilines is 2. The van der Waals surface area contributed by atoms with Gasteiger partial charge in [-0.1, -0.05) is 11.6 Å². The molecule has 0 saturated carbocycles. The normalized spacial score (nSPS) is 24.9. The van der Waals surface area contributed by atoms with Crippen LogP contribution in [0.4, 0.5) is 11.5 Å². The minimum atomic E-state index is 0.333. The molecule has 2 aliphatic heterocycles. The molecule has 2 saturated heterocycles. The van der Waals surface area contributed by atoms with Gasteiger partial charge in [-0.05, 0) is 6.42 Å².